The van der Waals surface area contributed by atoms with Crippen LogP contribution in [0.25, 0.3) is 0 Å². The summed E-state index contributed by atoms with van der Waals surface area (Å²) in [4.78, 5) is 11.4. The molecule has 27 heavy (non-hydrogen) atoms. The Morgan fingerprint density at radius 2 is 2.11 bits per heavy atom. The molecule has 0 amide bonds. The van der Waals surface area contributed by atoms with Crippen LogP contribution in [-0.4, -0.2) is 32.7 Å². The summed E-state index contributed by atoms with van der Waals surface area (Å²) < 4.78 is 40.8. The number of ether oxygens (including phenoxy) is 5. The van der Waals surface area contributed by atoms with Gasteiger partial charge in [0.25, 0.3) is 0 Å². The number of carbonyl (C=O) groups excluding carboxylic acids is 1. The summed E-state index contributed by atoms with van der Waals surface area (Å²) in [7, 11) is 1.16. The molecule has 0 aromatic heterocycles. The Morgan fingerprint density at radius 3 is 2.93 bits per heavy atom. The van der Waals surface area contributed by atoms with Crippen molar-refractivity contribution >= 4 is 17.6 Å². The lowest BCUT2D eigenvalue weighted by Crippen LogP contribution is -2.26. The molecule has 2 atom stereocenters. The highest BCUT2D eigenvalue weighted by atomic mass is 35.5. The third-order valence-electron chi connectivity index (χ3n) is 4.49. The van der Waals surface area contributed by atoms with Crippen molar-refractivity contribution in [2.75, 3.05) is 20.5 Å². The number of halogens is 2. The van der Waals surface area contributed by atoms with E-state index in [1.54, 1.807) is 30.3 Å². The number of carbonyl (C=O) groups is 1. The van der Waals surface area contributed by atoms with E-state index in [2.05, 4.69) is 4.74 Å². The predicted molar refractivity (Wildman–Crippen MR) is 93.5 cm³/mol. The molecule has 142 valence electrons. The summed E-state index contributed by atoms with van der Waals surface area (Å²) in [5, 5.41) is 0.523. The Bertz CT molecular complexity index is 887. The monoisotopic (exact) mass is 394 g/mol. The minimum Gasteiger partial charge on any atom is -0.492 e. The molecule has 0 spiro atoms. The van der Waals surface area contributed by atoms with E-state index in [-0.39, 0.29) is 20.0 Å². The van der Waals surface area contributed by atoms with Crippen molar-refractivity contribution < 1.29 is 32.9 Å². The summed E-state index contributed by atoms with van der Waals surface area (Å²) in [6.45, 7) is 0.422. The number of hydrogen-bond acceptors (Lipinski definition) is 6. The van der Waals surface area contributed by atoms with Crippen LogP contribution in [-0.2, 0) is 16.1 Å². The average Bonchev–Trinajstić information content (AvgIpc) is 3.31. The van der Waals surface area contributed by atoms with E-state index in [1.807, 2.05) is 0 Å². The summed E-state index contributed by atoms with van der Waals surface area (Å²) in [5.74, 6) is 0.612. The first-order valence-corrected chi connectivity index (χ1v) is 8.64. The molecule has 8 heteroatoms. The van der Waals surface area contributed by atoms with E-state index in [9.17, 15) is 9.18 Å². The zero-order valence-corrected chi connectivity index (χ0v) is 15.1. The first-order valence-electron chi connectivity index (χ1n) is 8.26. The maximum absolute atomic E-state index is 14.2. The first kappa shape index (κ1) is 17.7. The summed E-state index contributed by atoms with van der Waals surface area (Å²) >= 11 is 6.09. The van der Waals surface area contributed by atoms with Gasteiger partial charge in [0.2, 0.25) is 13.0 Å². The van der Waals surface area contributed by atoms with Gasteiger partial charge in [-0.3, -0.25) is 0 Å². The molecular weight excluding hydrogens is 379 g/mol. The van der Waals surface area contributed by atoms with Gasteiger partial charge in [0.15, 0.2) is 11.5 Å². The van der Waals surface area contributed by atoms with Gasteiger partial charge < -0.3 is 23.7 Å². The molecule has 6 nitrogen and oxygen atoms in total. The number of benzene rings is 2. The van der Waals surface area contributed by atoms with Gasteiger partial charge in [-0.15, -0.1) is 0 Å². The van der Waals surface area contributed by atoms with Gasteiger partial charge >= 0.3 is 5.97 Å². The molecule has 2 aromatic carbocycles. The molecular formula is C19H16ClFO6. The van der Waals surface area contributed by atoms with E-state index in [0.29, 0.717) is 33.6 Å². The first-order chi connectivity index (χ1) is 13.1. The maximum Gasteiger partial charge on any atom is 0.341 e. The van der Waals surface area contributed by atoms with E-state index < -0.39 is 18.1 Å². The number of alkyl halides is 1. The zero-order chi connectivity index (χ0) is 19.0. The molecule has 0 saturated heterocycles. The smallest absolute Gasteiger partial charge is 0.341 e. The van der Waals surface area contributed by atoms with Crippen LogP contribution in [0.4, 0.5) is 4.39 Å². The minimum absolute atomic E-state index is 0.0715. The van der Waals surface area contributed by atoms with Crippen molar-refractivity contribution in [3.63, 3.8) is 0 Å². The summed E-state index contributed by atoms with van der Waals surface area (Å²) in [5.41, 5.74) is 1.37. The number of rotatable bonds is 5. The normalized spacial score (nSPS) is 17.8. The molecule has 2 unspecified atom stereocenters. The topological polar surface area (TPSA) is 63.2 Å². The molecule has 0 radical (unpaired) electrons. The minimum atomic E-state index is -1.77. The molecule has 2 heterocycles. The van der Waals surface area contributed by atoms with Gasteiger partial charge in [-0.05, 0) is 12.1 Å². The van der Waals surface area contributed by atoms with Crippen LogP contribution < -0.4 is 18.9 Å². The van der Waals surface area contributed by atoms with E-state index in [1.165, 1.54) is 0 Å². The number of methoxy groups -OCH3 is 1. The lowest BCUT2D eigenvalue weighted by molar-refractivity contribution is -0.147. The Labute approximate surface area is 159 Å². The third-order valence-corrected chi connectivity index (χ3v) is 4.71. The third kappa shape index (κ3) is 3.35. The molecule has 0 N–H and O–H groups in total. The zero-order valence-electron chi connectivity index (χ0n) is 14.4. The maximum atomic E-state index is 14.2. The molecule has 0 saturated carbocycles. The van der Waals surface area contributed by atoms with Crippen LogP contribution in [0.2, 0.25) is 5.02 Å². The molecule has 4 rings (SSSR count). The fourth-order valence-electron chi connectivity index (χ4n) is 3.14. The quantitative estimate of drug-likeness (QED) is 0.721. The van der Waals surface area contributed by atoms with Gasteiger partial charge in [-0.2, -0.15) is 0 Å². The van der Waals surface area contributed by atoms with Gasteiger partial charge in [-0.25, -0.2) is 9.18 Å². The second-order valence-electron chi connectivity index (χ2n) is 6.13. The molecule has 0 bridgehead atoms. The van der Waals surface area contributed by atoms with Gasteiger partial charge in [0.1, 0.15) is 18.1 Å². The van der Waals surface area contributed by atoms with Crippen LogP contribution >= 0.6 is 11.6 Å². The number of fused-ring (bicyclic) bond motifs is 2. The lowest BCUT2D eigenvalue weighted by Gasteiger charge is -2.13. The highest BCUT2D eigenvalue weighted by molar-refractivity contribution is 6.30. The van der Waals surface area contributed by atoms with Crippen molar-refractivity contribution in [1.29, 1.82) is 0 Å². The van der Waals surface area contributed by atoms with Crippen molar-refractivity contribution in [2.24, 2.45) is 0 Å². The predicted octanol–water partition coefficient (Wildman–Crippen LogP) is 3.63. The van der Waals surface area contributed by atoms with Crippen molar-refractivity contribution in [2.45, 2.75) is 18.7 Å². The number of esters is 1. The van der Waals surface area contributed by atoms with Crippen LogP contribution in [0.1, 0.15) is 17.0 Å². The van der Waals surface area contributed by atoms with Gasteiger partial charge in [0.05, 0.1) is 19.6 Å². The van der Waals surface area contributed by atoms with E-state index >= 15 is 0 Å². The Balaban J connectivity index is 1.49. The molecule has 0 aliphatic carbocycles. The lowest BCUT2D eigenvalue weighted by atomic mass is 9.96. The van der Waals surface area contributed by atoms with Gasteiger partial charge in [-0.1, -0.05) is 17.7 Å². The Hall–Kier alpha value is -2.67. The average molecular weight is 395 g/mol. The Kier molecular flexibility index (Phi) is 4.70. The standard InChI is InChI=1S/C19H16ClFO6/c1-23-19(22)17(21)14-8-25-15-6-12(2-3-13(14)15)24-7-10-4-11(20)5-16-18(10)27-9-26-16/h2-6,14,17H,7-9H2,1H3. The van der Waals surface area contributed by atoms with Crippen LogP contribution in [0, 0.1) is 0 Å². The van der Waals surface area contributed by atoms with Crippen molar-refractivity contribution in [3.05, 3.63) is 46.5 Å². The largest absolute Gasteiger partial charge is 0.492 e. The SMILES string of the molecule is COC(=O)C(F)C1COc2cc(OCc3cc(Cl)cc4c3OCO4)ccc21. The fourth-order valence-corrected chi connectivity index (χ4v) is 3.37. The van der Waals surface area contributed by atoms with Crippen molar-refractivity contribution in [1.82, 2.24) is 0 Å². The van der Waals surface area contributed by atoms with E-state index in [4.69, 9.17) is 30.5 Å². The number of hydrogen-bond donors (Lipinski definition) is 0. The molecule has 2 aliphatic rings. The summed E-state index contributed by atoms with van der Waals surface area (Å²) in [6, 6.07) is 8.50. The Morgan fingerprint density at radius 1 is 1.26 bits per heavy atom. The summed E-state index contributed by atoms with van der Waals surface area (Å²) in [6.07, 6.45) is -1.77. The molecule has 0 fully saturated rings. The van der Waals surface area contributed by atoms with Crippen LogP contribution in [0.15, 0.2) is 30.3 Å². The fraction of sp³-hybridized carbons (Fsp3) is 0.316. The highest BCUT2D eigenvalue weighted by Crippen LogP contribution is 2.41. The highest BCUT2D eigenvalue weighted by Gasteiger charge is 2.37. The second kappa shape index (κ2) is 7.15. The van der Waals surface area contributed by atoms with E-state index in [0.717, 1.165) is 12.7 Å². The van der Waals surface area contributed by atoms with Crippen LogP contribution in [0.5, 0.6) is 23.0 Å². The molecule has 2 aromatic rings. The molecule has 2 aliphatic heterocycles. The van der Waals surface area contributed by atoms with Gasteiger partial charge in [0, 0.05) is 28.3 Å². The van der Waals surface area contributed by atoms with Crippen LogP contribution in [0.3, 0.4) is 0 Å². The second-order valence-corrected chi connectivity index (χ2v) is 6.57. The van der Waals surface area contributed by atoms with Crippen molar-refractivity contribution in [3.8, 4) is 23.0 Å².